The summed E-state index contributed by atoms with van der Waals surface area (Å²) in [6.45, 7) is 6.10. The summed E-state index contributed by atoms with van der Waals surface area (Å²) >= 11 is 3.72. The summed E-state index contributed by atoms with van der Waals surface area (Å²) in [5.41, 5.74) is 1.35. The van der Waals surface area contributed by atoms with Gasteiger partial charge in [0.2, 0.25) is 0 Å². The number of benzene rings is 2. The Balaban J connectivity index is 2.22. The zero-order chi connectivity index (χ0) is 13.0. The van der Waals surface area contributed by atoms with E-state index in [4.69, 9.17) is 0 Å². The first kappa shape index (κ1) is 11.2. The largest absolute Gasteiger partial charge is 0.136 e. The molecule has 0 spiro atoms. The van der Waals surface area contributed by atoms with E-state index in [2.05, 4.69) is 49.9 Å². The molecule has 2 aromatic carbocycles. The lowest BCUT2D eigenvalue weighted by Gasteiger charge is -1.94. The average Bonchev–Trinajstić information content (AvgIpc) is 2.94. The van der Waals surface area contributed by atoms with Crippen LogP contribution in [0, 0.1) is 6.92 Å². The number of fused-ring (bicyclic) bond motifs is 4. The molecule has 2 heteroatoms. The zero-order valence-electron chi connectivity index (χ0n) is 10.6. The molecule has 0 aliphatic rings. The summed E-state index contributed by atoms with van der Waals surface area (Å²) in [7, 11) is 0. The van der Waals surface area contributed by atoms with Crippen molar-refractivity contribution in [3.05, 3.63) is 53.4 Å². The van der Waals surface area contributed by atoms with Crippen LogP contribution in [0.3, 0.4) is 0 Å². The van der Waals surface area contributed by atoms with Gasteiger partial charge in [0.1, 0.15) is 0 Å². The second-order valence-corrected chi connectivity index (χ2v) is 6.91. The van der Waals surface area contributed by atoms with E-state index in [0.29, 0.717) is 0 Å². The van der Waals surface area contributed by atoms with Gasteiger partial charge in [-0.2, -0.15) is 0 Å². The number of aryl methyl sites for hydroxylation is 1. The van der Waals surface area contributed by atoms with E-state index in [0.717, 1.165) is 0 Å². The second kappa shape index (κ2) is 3.92. The van der Waals surface area contributed by atoms with Crippen molar-refractivity contribution in [1.82, 2.24) is 0 Å². The minimum absolute atomic E-state index is 1.29. The van der Waals surface area contributed by atoms with Crippen LogP contribution in [0.4, 0.5) is 0 Å². The summed E-state index contributed by atoms with van der Waals surface area (Å²) in [5, 5.41) is 4.12. The van der Waals surface area contributed by atoms with Crippen LogP contribution in [-0.2, 0) is 0 Å². The van der Waals surface area contributed by atoms with Gasteiger partial charge in [0.05, 0.1) is 0 Å². The van der Waals surface area contributed by atoms with Crippen molar-refractivity contribution < 1.29 is 0 Å². The Morgan fingerprint density at radius 1 is 0.895 bits per heavy atom. The summed E-state index contributed by atoms with van der Waals surface area (Å²) in [5.74, 6) is 0. The lowest BCUT2D eigenvalue weighted by molar-refractivity contribution is 1.58. The van der Waals surface area contributed by atoms with Gasteiger partial charge in [-0.1, -0.05) is 30.9 Å². The third kappa shape index (κ3) is 1.50. The van der Waals surface area contributed by atoms with Crippen molar-refractivity contribution in [2.24, 2.45) is 0 Å². The van der Waals surface area contributed by atoms with Gasteiger partial charge in [-0.3, -0.25) is 0 Å². The maximum atomic E-state index is 3.91. The molecular formula is C17H12S2. The summed E-state index contributed by atoms with van der Waals surface area (Å²) in [6, 6.07) is 13.3. The van der Waals surface area contributed by atoms with E-state index in [1.165, 1.54) is 40.7 Å². The van der Waals surface area contributed by atoms with Crippen LogP contribution < -0.4 is 0 Å². The molecule has 0 fully saturated rings. The fraction of sp³-hybridized carbons (Fsp3) is 0.0588. The molecule has 4 rings (SSSR count). The van der Waals surface area contributed by atoms with E-state index in [1.807, 2.05) is 28.7 Å². The van der Waals surface area contributed by atoms with Crippen molar-refractivity contribution >= 4 is 59.0 Å². The van der Waals surface area contributed by atoms with Crippen LogP contribution in [-0.4, -0.2) is 0 Å². The van der Waals surface area contributed by atoms with Gasteiger partial charge in [0.15, 0.2) is 0 Å². The quantitative estimate of drug-likeness (QED) is 0.388. The van der Waals surface area contributed by atoms with Gasteiger partial charge in [0, 0.05) is 29.7 Å². The standard InChI is InChI=1S/C17H12S2/c1-3-14-10(2)12-8-13-11-6-4-5-7-15(11)19-17(13)9-16(12)18-14/h3-9H,1H2,2H3. The van der Waals surface area contributed by atoms with Gasteiger partial charge in [-0.25, -0.2) is 0 Å². The van der Waals surface area contributed by atoms with E-state index < -0.39 is 0 Å². The van der Waals surface area contributed by atoms with Gasteiger partial charge < -0.3 is 0 Å². The third-order valence-electron chi connectivity index (χ3n) is 3.66. The van der Waals surface area contributed by atoms with Gasteiger partial charge in [-0.15, -0.1) is 22.7 Å². The highest BCUT2D eigenvalue weighted by molar-refractivity contribution is 7.26. The molecule has 0 unspecified atom stereocenters. The van der Waals surface area contributed by atoms with Crippen molar-refractivity contribution in [1.29, 1.82) is 0 Å². The van der Waals surface area contributed by atoms with Crippen molar-refractivity contribution in [3.8, 4) is 0 Å². The molecule has 0 amide bonds. The van der Waals surface area contributed by atoms with Crippen LogP contribution in [0.5, 0.6) is 0 Å². The molecule has 19 heavy (non-hydrogen) atoms. The van der Waals surface area contributed by atoms with Crippen molar-refractivity contribution in [3.63, 3.8) is 0 Å². The number of hydrogen-bond donors (Lipinski definition) is 0. The predicted molar refractivity (Wildman–Crippen MR) is 89.5 cm³/mol. The molecule has 0 aliphatic carbocycles. The minimum atomic E-state index is 1.29. The van der Waals surface area contributed by atoms with E-state index in [9.17, 15) is 0 Å². The maximum absolute atomic E-state index is 3.91. The number of hydrogen-bond acceptors (Lipinski definition) is 2. The molecule has 92 valence electrons. The summed E-state index contributed by atoms with van der Waals surface area (Å²) < 4.78 is 4.12. The highest BCUT2D eigenvalue weighted by atomic mass is 32.1. The fourth-order valence-corrected chi connectivity index (χ4v) is 4.94. The minimum Gasteiger partial charge on any atom is -0.136 e. The Hall–Kier alpha value is -1.64. The Labute approximate surface area is 119 Å². The maximum Gasteiger partial charge on any atom is 0.0369 e. The molecule has 0 nitrogen and oxygen atoms in total. The van der Waals surface area contributed by atoms with Crippen molar-refractivity contribution in [2.75, 3.05) is 0 Å². The number of rotatable bonds is 1. The van der Waals surface area contributed by atoms with Crippen LogP contribution in [0.25, 0.3) is 36.3 Å². The normalized spacial score (nSPS) is 11.6. The third-order valence-corrected chi connectivity index (χ3v) is 6.04. The zero-order valence-corrected chi connectivity index (χ0v) is 12.2. The monoisotopic (exact) mass is 280 g/mol. The first-order valence-electron chi connectivity index (χ1n) is 6.25. The molecule has 0 radical (unpaired) electrons. The molecule has 0 aliphatic heterocycles. The van der Waals surface area contributed by atoms with Crippen LogP contribution in [0.2, 0.25) is 0 Å². The molecular weight excluding hydrogens is 268 g/mol. The molecule has 0 saturated carbocycles. The van der Waals surface area contributed by atoms with E-state index in [1.54, 1.807) is 0 Å². The molecule has 0 atom stereocenters. The lowest BCUT2D eigenvalue weighted by atomic mass is 10.1. The van der Waals surface area contributed by atoms with Crippen LogP contribution in [0.15, 0.2) is 43.0 Å². The van der Waals surface area contributed by atoms with Gasteiger partial charge in [-0.05, 0) is 36.1 Å². The van der Waals surface area contributed by atoms with E-state index in [-0.39, 0.29) is 0 Å². The van der Waals surface area contributed by atoms with Crippen LogP contribution >= 0.6 is 22.7 Å². The van der Waals surface area contributed by atoms with Crippen LogP contribution in [0.1, 0.15) is 10.4 Å². The Morgan fingerprint density at radius 3 is 2.53 bits per heavy atom. The fourth-order valence-electron chi connectivity index (χ4n) is 2.65. The Morgan fingerprint density at radius 2 is 1.68 bits per heavy atom. The highest BCUT2D eigenvalue weighted by Gasteiger charge is 2.10. The average molecular weight is 280 g/mol. The Kier molecular flexibility index (Phi) is 2.32. The second-order valence-electron chi connectivity index (χ2n) is 4.74. The van der Waals surface area contributed by atoms with Gasteiger partial charge in [0.25, 0.3) is 0 Å². The summed E-state index contributed by atoms with van der Waals surface area (Å²) in [4.78, 5) is 1.29. The molecule has 2 heterocycles. The van der Waals surface area contributed by atoms with E-state index >= 15 is 0 Å². The predicted octanol–water partition coefficient (Wildman–Crippen LogP) is 6.22. The smallest absolute Gasteiger partial charge is 0.0369 e. The molecule has 0 bridgehead atoms. The molecule has 0 saturated heterocycles. The molecule has 4 aromatic rings. The molecule has 0 N–H and O–H groups in total. The number of thiophene rings is 2. The first-order chi connectivity index (χ1) is 9.28. The molecule has 2 aromatic heterocycles. The topological polar surface area (TPSA) is 0 Å². The highest BCUT2D eigenvalue weighted by Crippen LogP contribution is 2.40. The first-order valence-corrected chi connectivity index (χ1v) is 7.88. The lowest BCUT2D eigenvalue weighted by Crippen LogP contribution is -1.71. The van der Waals surface area contributed by atoms with Crippen molar-refractivity contribution in [2.45, 2.75) is 6.92 Å². The Bertz CT molecular complexity index is 938. The van der Waals surface area contributed by atoms with Gasteiger partial charge >= 0.3 is 0 Å². The summed E-state index contributed by atoms with van der Waals surface area (Å²) in [6.07, 6.45) is 1.96. The SMILES string of the molecule is C=Cc1sc2cc3sc4ccccc4c3cc2c1C.